The maximum atomic E-state index is 12.9. The molecule has 2 aliphatic rings. The van der Waals surface area contributed by atoms with Crippen molar-refractivity contribution >= 4 is 17.8 Å². The van der Waals surface area contributed by atoms with Gasteiger partial charge in [-0.15, -0.1) is 0 Å². The van der Waals surface area contributed by atoms with Gasteiger partial charge in [0.05, 0.1) is 19.2 Å². The monoisotopic (exact) mass is 397 g/mol. The lowest BCUT2D eigenvalue weighted by Crippen LogP contribution is -2.53. The second-order valence-electron chi connectivity index (χ2n) is 6.92. The lowest BCUT2D eigenvalue weighted by molar-refractivity contribution is -0.219. The fourth-order valence-corrected chi connectivity index (χ4v) is 3.64. The molecular weight excluding hydrogens is 378 g/mol. The Labute approximate surface area is 166 Å². The molecule has 29 heavy (non-hydrogen) atoms. The van der Waals surface area contributed by atoms with Gasteiger partial charge < -0.3 is 24.2 Å². The fourth-order valence-electron chi connectivity index (χ4n) is 3.64. The number of morpholine rings is 1. The van der Waals surface area contributed by atoms with Crippen LogP contribution in [0.15, 0.2) is 54.6 Å². The number of nitrogens with zero attached hydrogens (tertiary/aromatic N) is 1. The highest BCUT2D eigenvalue weighted by atomic mass is 16.8. The number of carbonyl (C=O) groups is 3. The highest BCUT2D eigenvalue weighted by molar-refractivity contribution is 5.90. The van der Waals surface area contributed by atoms with E-state index in [4.69, 9.17) is 9.47 Å². The molecule has 0 radical (unpaired) electrons. The second-order valence-corrected chi connectivity index (χ2v) is 6.92. The summed E-state index contributed by atoms with van der Waals surface area (Å²) in [7, 11) is 1.31. The number of amides is 1. The summed E-state index contributed by atoms with van der Waals surface area (Å²) in [5.74, 6) is -3.48. The summed E-state index contributed by atoms with van der Waals surface area (Å²) in [5.41, 5.74) is 1.83. The number of carboxylic acid groups (broad SMARTS) is 1. The van der Waals surface area contributed by atoms with Gasteiger partial charge in [-0.2, -0.15) is 0 Å². The Morgan fingerprint density at radius 1 is 1.14 bits per heavy atom. The van der Waals surface area contributed by atoms with Gasteiger partial charge in [0, 0.05) is 12.1 Å². The molecule has 1 N–H and O–H groups in total. The van der Waals surface area contributed by atoms with Crippen molar-refractivity contribution in [2.45, 2.75) is 24.5 Å². The van der Waals surface area contributed by atoms with E-state index < -0.39 is 35.8 Å². The zero-order chi connectivity index (χ0) is 20.6. The highest BCUT2D eigenvalue weighted by Gasteiger charge is 2.60. The molecule has 8 heteroatoms. The number of rotatable bonds is 5. The molecule has 2 aromatic carbocycles. The summed E-state index contributed by atoms with van der Waals surface area (Å²) in [5, 5.41) is 9.50. The van der Waals surface area contributed by atoms with E-state index in [1.807, 2.05) is 6.07 Å². The van der Waals surface area contributed by atoms with Crippen LogP contribution in [0, 0.1) is 0 Å². The van der Waals surface area contributed by atoms with Gasteiger partial charge in [-0.05, 0) is 17.7 Å². The van der Waals surface area contributed by atoms with Gasteiger partial charge in [0.2, 0.25) is 5.79 Å². The van der Waals surface area contributed by atoms with E-state index in [2.05, 4.69) is 4.74 Å². The molecule has 0 saturated carbocycles. The van der Waals surface area contributed by atoms with Crippen LogP contribution >= 0.6 is 0 Å². The Morgan fingerprint density at radius 2 is 1.83 bits per heavy atom. The van der Waals surface area contributed by atoms with Crippen molar-refractivity contribution < 1.29 is 33.7 Å². The van der Waals surface area contributed by atoms with Gasteiger partial charge in [0.15, 0.2) is 12.2 Å². The van der Waals surface area contributed by atoms with Gasteiger partial charge in [-0.1, -0.05) is 42.5 Å². The summed E-state index contributed by atoms with van der Waals surface area (Å²) in [6, 6.07) is 15.7. The first-order valence-electron chi connectivity index (χ1n) is 9.03. The number of carbonyl (C=O) groups excluding carboxylic acids is 2. The average molecular weight is 397 g/mol. The Kier molecular flexibility index (Phi) is 4.81. The van der Waals surface area contributed by atoms with Crippen LogP contribution in [0.3, 0.4) is 0 Å². The minimum Gasteiger partial charge on any atom is -0.479 e. The van der Waals surface area contributed by atoms with Crippen molar-refractivity contribution in [2.75, 3.05) is 13.7 Å². The molecule has 1 amide bonds. The molecule has 2 bridgehead atoms. The zero-order valence-electron chi connectivity index (χ0n) is 15.6. The van der Waals surface area contributed by atoms with Gasteiger partial charge in [-0.25, -0.2) is 9.59 Å². The van der Waals surface area contributed by atoms with Gasteiger partial charge in [-0.3, -0.25) is 4.79 Å². The van der Waals surface area contributed by atoms with Crippen LogP contribution in [0.4, 0.5) is 0 Å². The molecule has 0 spiro atoms. The maximum absolute atomic E-state index is 12.9. The molecule has 2 aromatic rings. The average Bonchev–Trinajstić information content (AvgIpc) is 3.09. The summed E-state index contributed by atoms with van der Waals surface area (Å²) < 4.78 is 16.3. The van der Waals surface area contributed by atoms with Gasteiger partial charge >= 0.3 is 11.9 Å². The first-order chi connectivity index (χ1) is 13.9. The molecule has 8 nitrogen and oxygen atoms in total. The van der Waals surface area contributed by atoms with Crippen molar-refractivity contribution in [2.24, 2.45) is 0 Å². The van der Waals surface area contributed by atoms with Crippen LogP contribution in [0.2, 0.25) is 0 Å². The quantitative estimate of drug-likeness (QED) is 0.764. The standard InChI is InChI=1S/C21H19NO7/c1-27-20(26)14-9-7-13(8-10-14)11-22-12-21(15-5-3-2-4-6-15)28-16(18(22)23)17(29-21)19(24)25/h2-10,16-17H,11-12H2,1H3,(H,24,25). The molecule has 2 saturated heterocycles. The van der Waals surface area contributed by atoms with E-state index in [-0.39, 0.29) is 13.1 Å². The molecule has 2 heterocycles. The third kappa shape index (κ3) is 3.37. The number of esters is 1. The van der Waals surface area contributed by atoms with E-state index in [1.165, 1.54) is 12.0 Å². The van der Waals surface area contributed by atoms with Crippen molar-refractivity contribution in [3.63, 3.8) is 0 Å². The Balaban J connectivity index is 1.62. The lowest BCUT2D eigenvalue weighted by atomic mass is 10.0. The number of ether oxygens (including phenoxy) is 3. The summed E-state index contributed by atoms with van der Waals surface area (Å²) >= 11 is 0. The van der Waals surface area contributed by atoms with E-state index in [0.717, 1.165) is 5.56 Å². The van der Waals surface area contributed by atoms with Crippen molar-refractivity contribution in [1.29, 1.82) is 0 Å². The smallest absolute Gasteiger partial charge is 0.337 e. The second kappa shape index (κ2) is 7.31. The van der Waals surface area contributed by atoms with Crippen LogP contribution in [-0.2, 0) is 36.1 Å². The Bertz CT molecular complexity index is 943. The molecule has 4 rings (SSSR count). The topological polar surface area (TPSA) is 102 Å². The first-order valence-corrected chi connectivity index (χ1v) is 9.03. The predicted molar refractivity (Wildman–Crippen MR) is 98.7 cm³/mol. The number of fused-ring (bicyclic) bond motifs is 2. The molecule has 0 aromatic heterocycles. The molecule has 0 aliphatic carbocycles. The highest BCUT2D eigenvalue weighted by Crippen LogP contribution is 2.43. The summed E-state index contributed by atoms with van der Waals surface area (Å²) in [6.45, 7) is 0.277. The van der Waals surface area contributed by atoms with Crippen LogP contribution in [0.25, 0.3) is 0 Å². The molecule has 2 aliphatic heterocycles. The largest absolute Gasteiger partial charge is 0.479 e. The number of hydrogen-bond acceptors (Lipinski definition) is 6. The van der Waals surface area contributed by atoms with Crippen LogP contribution in [0.5, 0.6) is 0 Å². The fraction of sp³-hybridized carbons (Fsp3) is 0.286. The first kappa shape index (κ1) is 19.1. The van der Waals surface area contributed by atoms with E-state index >= 15 is 0 Å². The van der Waals surface area contributed by atoms with Crippen LogP contribution < -0.4 is 0 Å². The molecule has 3 atom stereocenters. The van der Waals surface area contributed by atoms with E-state index in [9.17, 15) is 19.5 Å². The van der Waals surface area contributed by atoms with Crippen molar-refractivity contribution in [3.05, 3.63) is 71.3 Å². The van der Waals surface area contributed by atoms with Crippen LogP contribution in [0.1, 0.15) is 21.5 Å². The third-order valence-corrected chi connectivity index (χ3v) is 5.07. The van der Waals surface area contributed by atoms with Crippen molar-refractivity contribution in [1.82, 2.24) is 4.90 Å². The number of benzene rings is 2. The normalized spacial score (nSPS) is 25.7. The zero-order valence-corrected chi connectivity index (χ0v) is 15.6. The van der Waals surface area contributed by atoms with Gasteiger partial charge in [0.1, 0.15) is 0 Å². The predicted octanol–water partition coefficient (Wildman–Crippen LogP) is 1.54. The Hall–Kier alpha value is -3.23. The van der Waals surface area contributed by atoms with Crippen molar-refractivity contribution in [3.8, 4) is 0 Å². The lowest BCUT2D eigenvalue weighted by Gasteiger charge is -2.38. The van der Waals surface area contributed by atoms with Crippen LogP contribution in [-0.4, -0.2) is 53.7 Å². The summed E-state index contributed by atoms with van der Waals surface area (Å²) in [4.78, 5) is 37.6. The molecule has 150 valence electrons. The number of aliphatic carboxylic acids is 1. The minimum absolute atomic E-state index is 0.0505. The van der Waals surface area contributed by atoms with E-state index in [0.29, 0.717) is 11.1 Å². The maximum Gasteiger partial charge on any atom is 0.337 e. The molecular formula is C21H19NO7. The third-order valence-electron chi connectivity index (χ3n) is 5.07. The number of hydrogen-bond donors (Lipinski definition) is 1. The molecule has 2 fully saturated rings. The van der Waals surface area contributed by atoms with Gasteiger partial charge in [0.25, 0.3) is 5.91 Å². The molecule has 3 unspecified atom stereocenters. The number of methoxy groups -OCH3 is 1. The Morgan fingerprint density at radius 3 is 2.45 bits per heavy atom. The summed E-state index contributed by atoms with van der Waals surface area (Å²) in [6.07, 6.45) is -2.61. The van der Waals surface area contributed by atoms with E-state index in [1.54, 1.807) is 48.5 Å². The minimum atomic E-state index is -1.38. The SMILES string of the molecule is COC(=O)c1ccc(CN2CC3(c4ccccc4)OC(C(=O)O)C(O3)C2=O)cc1. The number of carboxylic acids is 1.